The Morgan fingerprint density at radius 2 is 2.03 bits per heavy atom. The number of ether oxygens (including phenoxy) is 2. The van der Waals surface area contributed by atoms with Crippen molar-refractivity contribution in [3.05, 3.63) is 53.3 Å². The molecule has 1 aliphatic heterocycles. The van der Waals surface area contributed by atoms with E-state index in [1.807, 2.05) is 41.9 Å². The van der Waals surface area contributed by atoms with Crippen molar-refractivity contribution in [3.63, 3.8) is 0 Å². The Labute approximate surface area is 188 Å². The van der Waals surface area contributed by atoms with Crippen molar-refractivity contribution >= 4 is 44.8 Å². The van der Waals surface area contributed by atoms with Crippen molar-refractivity contribution in [2.75, 3.05) is 39.5 Å². The van der Waals surface area contributed by atoms with E-state index in [-0.39, 0.29) is 12.4 Å². The smallest absolute Gasteiger partial charge is 0.155 e. The maximum atomic E-state index is 9.52. The molecule has 1 aromatic carbocycles. The van der Waals surface area contributed by atoms with Gasteiger partial charge in [0.25, 0.3) is 0 Å². The number of benzene rings is 1. The highest BCUT2D eigenvalue weighted by Crippen LogP contribution is 2.27. The third-order valence-electron chi connectivity index (χ3n) is 5.20. The molecule has 0 unspecified atom stereocenters. The van der Waals surface area contributed by atoms with Crippen LogP contribution < -0.4 is 10.1 Å². The van der Waals surface area contributed by atoms with Gasteiger partial charge in [-0.3, -0.25) is 9.88 Å². The highest BCUT2D eigenvalue weighted by Gasteiger charge is 2.12. The van der Waals surface area contributed by atoms with Crippen LogP contribution in [-0.4, -0.2) is 54.5 Å². The van der Waals surface area contributed by atoms with Crippen molar-refractivity contribution in [2.24, 2.45) is 5.16 Å². The SMILES string of the molecule is Cl.O/N=c1/cc(-c2cc3ccsc3cn2)oc2cc(OCCN3CCOCC3)ccc12. The number of morpholine rings is 1. The molecule has 0 saturated carbocycles. The summed E-state index contributed by atoms with van der Waals surface area (Å²) in [6.07, 6.45) is 1.83. The Balaban J connectivity index is 0.00000231. The molecule has 7 nitrogen and oxygen atoms in total. The lowest BCUT2D eigenvalue weighted by Gasteiger charge is -2.26. The van der Waals surface area contributed by atoms with Crippen LogP contribution in [0.1, 0.15) is 0 Å². The van der Waals surface area contributed by atoms with E-state index in [9.17, 15) is 5.21 Å². The molecule has 4 heterocycles. The molecule has 9 heteroatoms. The fourth-order valence-corrected chi connectivity index (χ4v) is 4.31. The van der Waals surface area contributed by atoms with E-state index in [1.165, 1.54) is 0 Å². The summed E-state index contributed by atoms with van der Waals surface area (Å²) < 4.78 is 18.5. The van der Waals surface area contributed by atoms with Crippen molar-refractivity contribution < 1.29 is 19.1 Å². The van der Waals surface area contributed by atoms with Crippen molar-refractivity contribution in [3.8, 4) is 17.2 Å². The van der Waals surface area contributed by atoms with E-state index in [1.54, 1.807) is 17.4 Å². The van der Waals surface area contributed by atoms with Gasteiger partial charge in [-0.05, 0) is 35.0 Å². The lowest BCUT2D eigenvalue weighted by atomic mass is 10.1. The first-order valence-electron chi connectivity index (χ1n) is 9.83. The third-order valence-corrected chi connectivity index (χ3v) is 6.06. The summed E-state index contributed by atoms with van der Waals surface area (Å²) in [4.78, 5) is 6.82. The van der Waals surface area contributed by atoms with Gasteiger partial charge in [0.15, 0.2) is 5.76 Å². The highest BCUT2D eigenvalue weighted by molar-refractivity contribution is 7.17. The summed E-state index contributed by atoms with van der Waals surface area (Å²) in [6.45, 7) is 4.84. The average molecular weight is 460 g/mol. The zero-order chi connectivity index (χ0) is 20.3. The maximum absolute atomic E-state index is 9.52. The molecule has 0 atom stereocenters. The molecule has 4 aromatic rings. The molecule has 31 heavy (non-hydrogen) atoms. The highest BCUT2D eigenvalue weighted by atomic mass is 35.5. The molecule has 0 spiro atoms. The van der Waals surface area contributed by atoms with E-state index < -0.39 is 0 Å². The Kier molecular flexibility index (Phi) is 6.72. The third kappa shape index (κ3) is 4.67. The molecule has 1 fully saturated rings. The lowest BCUT2D eigenvalue weighted by molar-refractivity contribution is 0.0322. The number of fused-ring (bicyclic) bond motifs is 2. The molecule has 1 saturated heterocycles. The summed E-state index contributed by atoms with van der Waals surface area (Å²) >= 11 is 1.64. The van der Waals surface area contributed by atoms with Gasteiger partial charge in [0.05, 0.1) is 17.9 Å². The van der Waals surface area contributed by atoms with Gasteiger partial charge in [-0.25, -0.2) is 0 Å². The van der Waals surface area contributed by atoms with Crippen molar-refractivity contribution in [1.29, 1.82) is 0 Å². The van der Waals surface area contributed by atoms with Crippen LogP contribution in [0.3, 0.4) is 0 Å². The molecule has 0 amide bonds. The monoisotopic (exact) mass is 459 g/mol. The molecule has 5 rings (SSSR count). The fraction of sp³-hybridized carbons (Fsp3) is 0.273. The van der Waals surface area contributed by atoms with Gasteiger partial charge < -0.3 is 19.1 Å². The van der Waals surface area contributed by atoms with Crippen LogP contribution in [0.2, 0.25) is 0 Å². The largest absolute Gasteiger partial charge is 0.492 e. The molecule has 0 aliphatic carbocycles. The Morgan fingerprint density at radius 3 is 2.87 bits per heavy atom. The summed E-state index contributed by atoms with van der Waals surface area (Å²) in [6, 6.07) is 11.3. The Morgan fingerprint density at radius 1 is 1.16 bits per heavy atom. The molecule has 0 radical (unpaired) electrons. The maximum Gasteiger partial charge on any atom is 0.155 e. The number of aromatic nitrogens is 1. The molecule has 0 bridgehead atoms. The number of nitrogens with zero attached hydrogens (tertiary/aromatic N) is 3. The number of halogens is 1. The van der Waals surface area contributed by atoms with Crippen LogP contribution in [0.4, 0.5) is 0 Å². The summed E-state index contributed by atoms with van der Waals surface area (Å²) in [5.74, 6) is 1.25. The first kappa shape index (κ1) is 21.6. The standard InChI is InChI=1S/C22H21N3O4S.ClH/c26-24-18-13-21(19-11-15-3-10-30-22(15)14-23-19)29-20-12-16(1-2-17(18)20)28-9-6-25-4-7-27-8-5-25;/h1-3,10-14,26H,4-9H2;1H/b24-18-;. The molecule has 1 aliphatic rings. The van der Waals surface area contributed by atoms with E-state index in [4.69, 9.17) is 13.9 Å². The number of hydrogen-bond acceptors (Lipinski definition) is 8. The normalized spacial score (nSPS) is 15.3. The molecular formula is C22H22ClN3O4S. The molecular weight excluding hydrogens is 438 g/mol. The molecule has 3 aromatic heterocycles. The Bertz CT molecular complexity index is 1250. The first-order chi connectivity index (χ1) is 14.8. The zero-order valence-electron chi connectivity index (χ0n) is 16.7. The topological polar surface area (TPSA) is 80.3 Å². The second-order valence-corrected chi connectivity index (χ2v) is 8.03. The van der Waals surface area contributed by atoms with Gasteiger partial charge >= 0.3 is 0 Å². The summed E-state index contributed by atoms with van der Waals surface area (Å²) in [5, 5.41) is 17.2. The number of pyridine rings is 1. The predicted molar refractivity (Wildman–Crippen MR) is 122 cm³/mol. The van der Waals surface area contributed by atoms with Crippen molar-refractivity contribution in [1.82, 2.24) is 9.88 Å². The minimum absolute atomic E-state index is 0. The van der Waals surface area contributed by atoms with Crippen LogP contribution in [0.5, 0.6) is 5.75 Å². The van der Waals surface area contributed by atoms with Gasteiger partial charge in [-0.15, -0.1) is 23.7 Å². The number of rotatable bonds is 5. The lowest BCUT2D eigenvalue weighted by Crippen LogP contribution is -2.38. The van der Waals surface area contributed by atoms with Gasteiger partial charge in [-0.2, -0.15) is 0 Å². The van der Waals surface area contributed by atoms with Crippen LogP contribution in [-0.2, 0) is 4.74 Å². The fourth-order valence-electron chi connectivity index (χ4n) is 3.57. The predicted octanol–water partition coefficient (Wildman–Crippen LogP) is 4.13. The van der Waals surface area contributed by atoms with E-state index in [2.05, 4.69) is 15.0 Å². The molecule has 1 N–H and O–H groups in total. The van der Waals surface area contributed by atoms with Crippen LogP contribution in [0.25, 0.3) is 32.5 Å². The molecule has 162 valence electrons. The summed E-state index contributed by atoms with van der Waals surface area (Å²) in [5.41, 5.74) is 1.27. The average Bonchev–Trinajstić information content (AvgIpc) is 3.27. The number of hydrogen-bond donors (Lipinski definition) is 1. The van der Waals surface area contributed by atoms with E-state index in [0.717, 1.165) is 42.9 Å². The van der Waals surface area contributed by atoms with Gasteiger partial charge in [0, 0.05) is 43.4 Å². The van der Waals surface area contributed by atoms with Crippen LogP contribution in [0, 0.1) is 0 Å². The van der Waals surface area contributed by atoms with Gasteiger partial charge in [0.2, 0.25) is 0 Å². The van der Waals surface area contributed by atoms with Crippen LogP contribution >= 0.6 is 23.7 Å². The minimum atomic E-state index is 0. The Hall–Kier alpha value is -2.65. The summed E-state index contributed by atoms with van der Waals surface area (Å²) in [7, 11) is 0. The van der Waals surface area contributed by atoms with Crippen LogP contribution in [0.15, 0.2) is 57.5 Å². The first-order valence-corrected chi connectivity index (χ1v) is 10.7. The van der Waals surface area contributed by atoms with Gasteiger partial charge in [0.1, 0.15) is 29.0 Å². The quantitative estimate of drug-likeness (QED) is 0.357. The second-order valence-electron chi connectivity index (χ2n) is 7.08. The number of thiophene rings is 1. The van der Waals surface area contributed by atoms with Crippen molar-refractivity contribution in [2.45, 2.75) is 0 Å². The van der Waals surface area contributed by atoms with Gasteiger partial charge in [-0.1, -0.05) is 5.16 Å². The zero-order valence-corrected chi connectivity index (χ0v) is 18.3. The second kappa shape index (κ2) is 9.65. The van der Waals surface area contributed by atoms with E-state index in [0.29, 0.717) is 40.1 Å². The minimum Gasteiger partial charge on any atom is -0.492 e. The van der Waals surface area contributed by atoms with E-state index >= 15 is 0 Å².